The van der Waals surface area contributed by atoms with E-state index in [1.165, 1.54) is 6.07 Å². The molecule has 0 radical (unpaired) electrons. The molecule has 0 aromatic heterocycles. The number of hydrogen-bond acceptors (Lipinski definition) is 3. The molecule has 1 aromatic carbocycles. The first-order chi connectivity index (χ1) is 8.63. The van der Waals surface area contributed by atoms with Gasteiger partial charge in [-0.15, -0.1) is 0 Å². The molecule has 4 heteroatoms. The predicted molar refractivity (Wildman–Crippen MR) is 68.3 cm³/mol. The lowest BCUT2D eigenvalue weighted by atomic mass is 10.1. The average Bonchev–Trinajstić information content (AvgIpc) is 2.53. The summed E-state index contributed by atoms with van der Waals surface area (Å²) in [5.41, 5.74) is 0.508. The van der Waals surface area contributed by atoms with Crippen molar-refractivity contribution in [1.29, 1.82) is 0 Å². The fourth-order valence-corrected chi connectivity index (χ4v) is 2.16. The molecule has 1 N–H and O–H groups in total. The van der Waals surface area contributed by atoms with Gasteiger partial charge in [-0.1, -0.05) is 13.0 Å². The maximum Gasteiger partial charge on any atom is 0.132 e. The van der Waals surface area contributed by atoms with Crippen LogP contribution in [0.1, 0.15) is 25.5 Å². The molecule has 0 saturated carbocycles. The van der Waals surface area contributed by atoms with Crippen LogP contribution < -0.4 is 10.1 Å². The maximum atomic E-state index is 14.0. The first-order valence-electron chi connectivity index (χ1n) is 6.31. The molecule has 3 atom stereocenters. The number of nitrogens with one attached hydrogen (secondary N) is 1. The monoisotopic (exact) mass is 253 g/mol. The minimum Gasteiger partial charge on any atom is -0.496 e. The summed E-state index contributed by atoms with van der Waals surface area (Å²) < 4.78 is 25.0. The fraction of sp³-hybridized carbons (Fsp3) is 0.571. The summed E-state index contributed by atoms with van der Waals surface area (Å²) in [5.74, 6) is 0.681. The summed E-state index contributed by atoms with van der Waals surface area (Å²) in [5, 5.41) is 3.37. The maximum absolute atomic E-state index is 14.0. The van der Waals surface area contributed by atoms with Crippen molar-refractivity contribution < 1.29 is 13.9 Å². The van der Waals surface area contributed by atoms with Gasteiger partial charge in [-0.05, 0) is 25.0 Å². The van der Waals surface area contributed by atoms with Crippen LogP contribution in [0.4, 0.5) is 4.39 Å². The van der Waals surface area contributed by atoms with Crippen LogP contribution in [-0.2, 0) is 4.74 Å². The van der Waals surface area contributed by atoms with Gasteiger partial charge in [0.15, 0.2) is 0 Å². The standard InChI is InChI=1S/C14H20FNO2/c1-9-8-18-13(7-16-10(9)2)14-11(15)5-4-6-12(14)17-3/h4-6,9-10,13,16H,7-8H2,1-3H3. The van der Waals surface area contributed by atoms with Gasteiger partial charge in [0, 0.05) is 12.6 Å². The van der Waals surface area contributed by atoms with Crippen LogP contribution in [0.3, 0.4) is 0 Å². The van der Waals surface area contributed by atoms with E-state index in [2.05, 4.69) is 19.2 Å². The fourth-order valence-electron chi connectivity index (χ4n) is 2.16. The number of hydrogen-bond donors (Lipinski definition) is 1. The van der Waals surface area contributed by atoms with Crippen molar-refractivity contribution >= 4 is 0 Å². The highest BCUT2D eigenvalue weighted by Gasteiger charge is 2.26. The minimum atomic E-state index is -0.298. The molecule has 0 bridgehead atoms. The van der Waals surface area contributed by atoms with E-state index in [9.17, 15) is 4.39 Å². The van der Waals surface area contributed by atoms with Crippen LogP contribution in [0.5, 0.6) is 5.75 Å². The molecule has 18 heavy (non-hydrogen) atoms. The van der Waals surface area contributed by atoms with Gasteiger partial charge >= 0.3 is 0 Å². The van der Waals surface area contributed by atoms with E-state index in [1.54, 1.807) is 19.2 Å². The first-order valence-corrected chi connectivity index (χ1v) is 6.31. The number of ether oxygens (including phenoxy) is 2. The van der Waals surface area contributed by atoms with Crippen molar-refractivity contribution in [3.05, 3.63) is 29.6 Å². The molecular weight excluding hydrogens is 233 g/mol. The smallest absolute Gasteiger partial charge is 0.132 e. The van der Waals surface area contributed by atoms with Gasteiger partial charge in [-0.3, -0.25) is 0 Å². The molecule has 1 aromatic rings. The summed E-state index contributed by atoms with van der Waals surface area (Å²) in [4.78, 5) is 0. The number of halogens is 1. The van der Waals surface area contributed by atoms with Crippen LogP contribution >= 0.6 is 0 Å². The summed E-state index contributed by atoms with van der Waals surface area (Å²) in [7, 11) is 1.55. The Kier molecular flexibility index (Phi) is 4.19. The number of rotatable bonds is 2. The van der Waals surface area contributed by atoms with Gasteiger partial charge in [0.1, 0.15) is 17.7 Å². The second kappa shape index (κ2) is 5.67. The van der Waals surface area contributed by atoms with Gasteiger partial charge in [-0.2, -0.15) is 0 Å². The topological polar surface area (TPSA) is 30.5 Å². The highest BCUT2D eigenvalue weighted by molar-refractivity contribution is 5.36. The molecule has 1 saturated heterocycles. The largest absolute Gasteiger partial charge is 0.496 e. The first kappa shape index (κ1) is 13.3. The Morgan fingerprint density at radius 2 is 2.17 bits per heavy atom. The van der Waals surface area contributed by atoms with Gasteiger partial charge in [0.2, 0.25) is 0 Å². The van der Waals surface area contributed by atoms with E-state index in [0.717, 1.165) is 0 Å². The molecule has 3 nitrogen and oxygen atoms in total. The third-order valence-corrected chi connectivity index (χ3v) is 3.59. The summed E-state index contributed by atoms with van der Waals surface area (Å²) in [6.07, 6.45) is -0.298. The Morgan fingerprint density at radius 3 is 2.89 bits per heavy atom. The van der Waals surface area contributed by atoms with E-state index in [0.29, 0.717) is 36.4 Å². The summed E-state index contributed by atoms with van der Waals surface area (Å²) >= 11 is 0. The molecule has 0 amide bonds. The normalized spacial score (nSPS) is 28.8. The number of methoxy groups -OCH3 is 1. The van der Waals surface area contributed by atoms with Gasteiger partial charge < -0.3 is 14.8 Å². The highest BCUT2D eigenvalue weighted by atomic mass is 19.1. The zero-order valence-corrected chi connectivity index (χ0v) is 11.1. The SMILES string of the molecule is COc1cccc(F)c1C1CNC(C)C(C)CO1. The van der Waals surface area contributed by atoms with Crippen molar-refractivity contribution in [2.24, 2.45) is 5.92 Å². The molecule has 100 valence electrons. The second-order valence-electron chi connectivity index (χ2n) is 4.85. The second-order valence-corrected chi connectivity index (χ2v) is 4.85. The van der Waals surface area contributed by atoms with Crippen LogP contribution in [0.25, 0.3) is 0 Å². The van der Waals surface area contributed by atoms with E-state index in [4.69, 9.17) is 9.47 Å². The highest BCUT2D eigenvalue weighted by Crippen LogP contribution is 2.31. The van der Waals surface area contributed by atoms with Crippen LogP contribution in [0.2, 0.25) is 0 Å². The van der Waals surface area contributed by atoms with Crippen molar-refractivity contribution in [1.82, 2.24) is 5.32 Å². The molecule has 1 aliphatic rings. The quantitative estimate of drug-likeness (QED) is 0.878. The molecule has 2 rings (SSSR count). The lowest BCUT2D eigenvalue weighted by Gasteiger charge is -2.19. The van der Waals surface area contributed by atoms with E-state index in [1.807, 2.05) is 0 Å². The van der Waals surface area contributed by atoms with Gasteiger partial charge in [0.05, 0.1) is 19.3 Å². The molecule has 0 spiro atoms. The summed E-state index contributed by atoms with van der Waals surface area (Å²) in [6.45, 7) is 5.47. The van der Waals surface area contributed by atoms with Gasteiger partial charge in [-0.25, -0.2) is 4.39 Å². The molecule has 0 aliphatic carbocycles. The predicted octanol–water partition coefficient (Wildman–Crippen LogP) is 2.52. The molecule has 1 fully saturated rings. The van der Waals surface area contributed by atoms with Crippen LogP contribution in [0, 0.1) is 11.7 Å². The Hall–Kier alpha value is -1.13. The van der Waals surface area contributed by atoms with Crippen LogP contribution in [-0.4, -0.2) is 26.3 Å². The van der Waals surface area contributed by atoms with Gasteiger partial charge in [0.25, 0.3) is 0 Å². The van der Waals surface area contributed by atoms with Crippen molar-refractivity contribution in [2.45, 2.75) is 26.0 Å². The minimum absolute atomic E-state index is 0.275. The summed E-state index contributed by atoms with van der Waals surface area (Å²) in [6, 6.07) is 5.22. The van der Waals surface area contributed by atoms with E-state index < -0.39 is 0 Å². The molecule has 3 unspecified atom stereocenters. The molecule has 1 heterocycles. The Balaban J connectivity index is 2.26. The third-order valence-electron chi connectivity index (χ3n) is 3.59. The van der Waals surface area contributed by atoms with Crippen molar-refractivity contribution in [3.8, 4) is 5.75 Å². The van der Waals surface area contributed by atoms with Crippen molar-refractivity contribution in [3.63, 3.8) is 0 Å². The Labute approximate surface area is 107 Å². The third kappa shape index (κ3) is 2.65. The molecule has 1 aliphatic heterocycles. The van der Waals surface area contributed by atoms with E-state index >= 15 is 0 Å². The van der Waals surface area contributed by atoms with Crippen LogP contribution in [0.15, 0.2) is 18.2 Å². The van der Waals surface area contributed by atoms with Crippen molar-refractivity contribution in [2.75, 3.05) is 20.3 Å². The Morgan fingerprint density at radius 1 is 1.39 bits per heavy atom. The Bertz CT molecular complexity index is 399. The zero-order valence-electron chi connectivity index (χ0n) is 11.1. The lowest BCUT2D eigenvalue weighted by molar-refractivity contribution is 0.0458. The molecular formula is C14H20FNO2. The van der Waals surface area contributed by atoms with E-state index in [-0.39, 0.29) is 11.9 Å². The average molecular weight is 253 g/mol. The lowest BCUT2D eigenvalue weighted by Crippen LogP contribution is -2.32. The zero-order chi connectivity index (χ0) is 13.1. The number of benzene rings is 1.